The van der Waals surface area contributed by atoms with E-state index in [2.05, 4.69) is 6.58 Å². The van der Waals surface area contributed by atoms with Gasteiger partial charge in [0.2, 0.25) is 0 Å². The molecule has 0 spiro atoms. The van der Waals surface area contributed by atoms with E-state index < -0.39 is 5.41 Å². The number of aliphatic hydroxyl groups excluding tert-OH is 3. The van der Waals surface area contributed by atoms with Gasteiger partial charge in [-0.1, -0.05) is 6.08 Å². The molecule has 0 heterocycles. The molecule has 3 heteroatoms. The first-order valence-corrected chi connectivity index (χ1v) is 3.86. The van der Waals surface area contributed by atoms with E-state index in [1.54, 1.807) is 6.08 Å². The molecule has 0 aliphatic heterocycles. The zero-order valence-electron chi connectivity index (χ0n) is 7.11. The van der Waals surface area contributed by atoms with Crippen LogP contribution in [0.3, 0.4) is 0 Å². The standard InChI is InChI=1S/C9H16O3/c1-2-4-9(7-11,8-12)5-3-6-10/h2-3,6,10-12H,1,4-5,7-8H2. The van der Waals surface area contributed by atoms with Crippen LogP contribution < -0.4 is 0 Å². The fourth-order valence-electron chi connectivity index (χ4n) is 1.00. The molecule has 0 bridgehead atoms. The van der Waals surface area contributed by atoms with Crippen LogP contribution in [0.1, 0.15) is 12.8 Å². The van der Waals surface area contributed by atoms with Gasteiger partial charge < -0.3 is 15.3 Å². The van der Waals surface area contributed by atoms with E-state index in [-0.39, 0.29) is 13.2 Å². The van der Waals surface area contributed by atoms with Crippen LogP contribution in [0, 0.1) is 5.41 Å². The second-order valence-corrected chi connectivity index (χ2v) is 2.90. The van der Waals surface area contributed by atoms with E-state index in [0.717, 1.165) is 6.26 Å². The third kappa shape index (κ3) is 3.07. The summed E-state index contributed by atoms with van der Waals surface area (Å²) in [6.45, 7) is 3.32. The SMILES string of the molecule is C=CCC(CO)(CO)CC=CO. The van der Waals surface area contributed by atoms with E-state index in [4.69, 9.17) is 15.3 Å². The van der Waals surface area contributed by atoms with Gasteiger partial charge in [-0.05, 0) is 18.9 Å². The van der Waals surface area contributed by atoms with Crippen LogP contribution in [-0.4, -0.2) is 28.5 Å². The molecule has 12 heavy (non-hydrogen) atoms. The summed E-state index contributed by atoms with van der Waals surface area (Å²) in [4.78, 5) is 0. The molecule has 0 aliphatic carbocycles. The molecule has 0 fully saturated rings. The third-order valence-electron chi connectivity index (χ3n) is 1.90. The lowest BCUT2D eigenvalue weighted by atomic mass is 9.83. The first kappa shape index (κ1) is 11.2. The van der Waals surface area contributed by atoms with E-state index in [1.807, 2.05) is 0 Å². The second-order valence-electron chi connectivity index (χ2n) is 2.90. The van der Waals surface area contributed by atoms with E-state index in [9.17, 15) is 0 Å². The normalized spacial score (nSPS) is 12.2. The molecule has 0 aromatic rings. The van der Waals surface area contributed by atoms with Gasteiger partial charge in [-0.3, -0.25) is 0 Å². The molecule has 0 saturated heterocycles. The predicted molar refractivity (Wildman–Crippen MR) is 47.8 cm³/mol. The zero-order valence-corrected chi connectivity index (χ0v) is 7.11. The summed E-state index contributed by atoms with van der Waals surface area (Å²) in [6, 6.07) is 0. The Hall–Kier alpha value is -0.800. The van der Waals surface area contributed by atoms with Crippen LogP contribution in [0.25, 0.3) is 0 Å². The summed E-state index contributed by atoms with van der Waals surface area (Å²) >= 11 is 0. The van der Waals surface area contributed by atoms with Crippen LogP contribution in [-0.2, 0) is 0 Å². The van der Waals surface area contributed by atoms with Crippen molar-refractivity contribution in [2.45, 2.75) is 12.8 Å². The maximum absolute atomic E-state index is 9.01. The van der Waals surface area contributed by atoms with Gasteiger partial charge in [0.25, 0.3) is 0 Å². The lowest BCUT2D eigenvalue weighted by molar-refractivity contribution is 0.0590. The minimum absolute atomic E-state index is 0.111. The molecular weight excluding hydrogens is 156 g/mol. The van der Waals surface area contributed by atoms with Crippen LogP contribution >= 0.6 is 0 Å². The van der Waals surface area contributed by atoms with Crippen LogP contribution in [0.4, 0.5) is 0 Å². The molecule has 0 unspecified atom stereocenters. The van der Waals surface area contributed by atoms with Crippen molar-refractivity contribution >= 4 is 0 Å². The maximum Gasteiger partial charge on any atom is 0.0752 e. The minimum Gasteiger partial charge on any atom is -0.516 e. The minimum atomic E-state index is -0.568. The number of allylic oxidation sites excluding steroid dienone is 2. The lowest BCUT2D eigenvalue weighted by Gasteiger charge is -2.26. The molecule has 0 amide bonds. The molecule has 0 radical (unpaired) electrons. The highest BCUT2D eigenvalue weighted by molar-refractivity contribution is 4.91. The van der Waals surface area contributed by atoms with Crippen molar-refractivity contribution in [2.75, 3.05) is 13.2 Å². The smallest absolute Gasteiger partial charge is 0.0752 e. The Labute approximate surface area is 72.7 Å². The molecular formula is C9H16O3. The topological polar surface area (TPSA) is 60.7 Å². The van der Waals surface area contributed by atoms with E-state index in [1.165, 1.54) is 6.08 Å². The van der Waals surface area contributed by atoms with Gasteiger partial charge in [0.15, 0.2) is 0 Å². The van der Waals surface area contributed by atoms with Gasteiger partial charge in [-0.25, -0.2) is 0 Å². The molecule has 0 atom stereocenters. The van der Waals surface area contributed by atoms with Crippen LogP contribution in [0.2, 0.25) is 0 Å². The van der Waals surface area contributed by atoms with Crippen molar-refractivity contribution in [2.24, 2.45) is 5.41 Å². The number of hydrogen-bond acceptors (Lipinski definition) is 3. The van der Waals surface area contributed by atoms with Gasteiger partial charge in [-0.15, -0.1) is 6.58 Å². The summed E-state index contributed by atoms with van der Waals surface area (Å²) in [7, 11) is 0. The zero-order chi connectivity index (χ0) is 9.45. The number of rotatable bonds is 6. The molecule has 0 rings (SSSR count). The Bertz CT molecular complexity index is 148. The van der Waals surface area contributed by atoms with Crippen molar-refractivity contribution in [3.63, 3.8) is 0 Å². The molecule has 0 aromatic heterocycles. The Kier molecular flexibility index (Phi) is 5.41. The number of hydrogen-bond donors (Lipinski definition) is 3. The summed E-state index contributed by atoms with van der Waals surface area (Å²) in [6.07, 6.45) is 5.06. The van der Waals surface area contributed by atoms with Crippen molar-refractivity contribution in [1.29, 1.82) is 0 Å². The molecule has 3 N–H and O–H groups in total. The summed E-state index contributed by atoms with van der Waals surface area (Å²) in [5.41, 5.74) is -0.568. The first-order chi connectivity index (χ1) is 5.74. The van der Waals surface area contributed by atoms with Gasteiger partial charge in [0.1, 0.15) is 0 Å². The first-order valence-electron chi connectivity index (χ1n) is 3.86. The lowest BCUT2D eigenvalue weighted by Crippen LogP contribution is -2.28. The molecule has 70 valence electrons. The Morgan fingerprint density at radius 2 is 1.75 bits per heavy atom. The second kappa shape index (κ2) is 5.80. The Morgan fingerprint density at radius 3 is 2.08 bits per heavy atom. The van der Waals surface area contributed by atoms with Gasteiger partial charge in [0.05, 0.1) is 19.5 Å². The van der Waals surface area contributed by atoms with Crippen LogP contribution in [0.5, 0.6) is 0 Å². The number of aliphatic hydroxyl groups is 3. The molecule has 0 aromatic carbocycles. The van der Waals surface area contributed by atoms with Crippen molar-refractivity contribution in [3.05, 3.63) is 25.0 Å². The Morgan fingerprint density at radius 1 is 1.17 bits per heavy atom. The summed E-state index contributed by atoms with van der Waals surface area (Å²) in [5, 5.41) is 26.4. The fourth-order valence-corrected chi connectivity index (χ4v) is 1.00. The Balaban J connectivity index is 4.22. The average molecular weight is 172 g/mol. The third-order valence-corrected chi connectivity index (χ3v) is 1.90. The summed E-state index contributed by atoms with van der Waals surface area (Å²) < 4.78 is 0. The highest BCUT2D eigenvalue weighted by Gasteiger charge is 2.25. The van der Waals surface area contributed by atoms with Crippen LogP contribution in [0.15, 0.2) is 25.0 Å². The monoisotopic (exact) mass is 172 g/mol. The largest absolute Gasteiger partial charge is 0.516 e. The fraction of sp³-hybridized carbons (Fsp3) is 0.556. The van der Waals surface area contributed by atoms with Gasteiger partial charge in [0, 0.05) is 5.41 Å². The van der Waals surface area contributed by atoms with Crippen molar-refractivity contribution in [3.8, 4) is 0 Å². The van der Waals surface area contributed by atoms with Crippen molar-refractivity contribution < 1.29 is 15.3 Å². The van der Waals surface area contributed by atoms with Gasteiger partial charge >= 0.3 is 0 Å². The average Bonchev–Trinajstić information content (AvgIpc) is 2.13. The van der Waals surface area contributed by atoms with Gasteiger partial charge in [-0.2, -0.15) is 0 Å². The summed E-state index contributed by atoms with van der Waals surface area (Å²) in [5.74, 6) is 0. The highest BCUT2D eigenvalue weighted by atomic mass is 16.3. The maximum atomic E-state index is 9.01. The molecule has 3 nitrogen and oxygen atoms in total. The predicted octanol–water partition coefficient (Wildman–Crippen LogP) is 0.995. The molecule has 0 saturated carbocycles. The quantitative estimate of drug-likeness (QED) is 0.413. The molecule has 0 aliphatic rings. The van der Waals surface area contributed by atoms with E-state index >= 15 is 0 Å². The highest BCUT2D eigenvalue weighted by Crippen LogP contribution is 2.26. The van der Waals surface area contributed by atoms with Crippen molar-refractivity contribution in [1.82, 2.24) is 0 Å². The van der Waals surface area contributed by atoms with E-state index in [0.29, 0.717) is 12.8 Å².